The van der Waals surface area contributed by atoms with E-state index in [4.69, 9.17) is 23.1 Å². The summed E-state index contributed by atoms with van der Waals surface area (Å²) >= 11 is 0. The van der Waals surface area contributed by atoms with Crippen molar-refractivity contribution in [3.05, 3.63) is 60.7 Å². The monoisotopic (exact) mass is 600 g/mol. The Balaban J connectivity index is 1.84. The van der Waals surface area contributed by atoms with Gasteiger partial charge in [0.1, 0.15) is 12.2 Å². The molecule has 1 N–H and O–H groups in total. The molecule has 5 atom stereocenters. The van der Waals surface area contributed by atoms with Crippen molar-refractivity contribution >= 4 is 33.0 Å². The minimum absolute atomic E-state index is 0.0212. The van der Waals surface area contributed by atoms with Crippen LogP contribution in [0.1, 0.15) is 54.9 Å². The number of benzene rings is 2. The van der Waals surface area contributed by atoms with Crippen molar-refractivity contribution in [2.45, 2.75) is 108 Å². The highest BCUT2D eigenvalue weighted by molar-refractivity contribution is 6.99. The number of carbonyl (C=O) groups excluding carboxylic acids is 1. The maximum absolute atomic E-state index is 13.0. The molecule has 2 fully saturated rings. The van der Waals surface area contributed by atoms with E-state index in [1.807, 2.05) is 36.4 Å². The molecule has 0 aliphatic carbocycles. The van der Waals surface area contributed by atoms with Gasteiger partial charge in [-0.1, -0.05) is 102 Å². The zero-order valence-electron chi connectivity index (χ0n) is 26.1. The standard InChI is InChI=1S/C32H48O7Si2/c1-10-35-29(34)32-21-25(33)27(37-32)28(38-32)26(22-36-40(8,9)30(2,3)4)39-41(31(5,6)7,23-17-13-11-14-18-23)24-19-15-12-16-20-24/h11-20,25-28,33H,10,21-22H2,1-9H3/t25-,26+,27-,28-,32+/m0/s1. The molecular formula is C32H48O7Si2. The summed E-state index contributed by atoms with van der Waals surface area (Å²) in [5.41, 5.74) is 0. The maximum atomic E-state index is 13.0. The molecule has 0 radical (unpaired) electrons. The lowest BCUT2D eigenvalue weighted by molar-refractivity contribution is -0.213. The average Bonchev–Trinajstić information content (AvgIpc) is 3.45. The van der Waals surface area contributed by atoms with Crippen molar-refractivity contribution in [2.24, 2.45) is 0 Å². The molecule has 7 nitrogen and oxygen atoms in total. The first kappa shape index (κ1) is 32.1. The highest BCUT2D eigenvalue weighted by Gasteiger charge is 2.66. The van der Waals surface area contributed by atoms with E-state index in [2.05, 4.69) is 78.9 Å². The van der Waals surface area contributed by atoms with E-state index >= 15 is 0 Å². The predicted molar refractivity (Wildman–Crippen MR) is 165 cm³/mol. The summed E-state index contributed by atoms with van der Waals surface area (Å²) in [4.78, 5) is 13.0. The topological polar surface area (TPSA) is 83.5 Å². The lowest BCUT2D eigenvalue weighted by atomic mass is 9.98. The molecule has 2 aromatic rings. The first-order chi connectivity index (χ1) is 19.1. The summed E-state index contributed by atoms with van der Waals surface area (Å²) in [6.07, 6.45) is -2.95. The number of ether oxygens (including phenoxy) is 3. The van der Waals surface area contributed by atoms with Crippen LogP contribution in [0.25, 0.3) is 0 Å². The number of hydrogen-bond donors (Lipinski definition) is 1. The van der Waals surface area contributed by atoms with Gasteiger partial charge in [-0.05, 0) is 40.5 Å². The number of hydrogen-bond acceptors (Lipinski definition) is 7. The van der Waals surface area contributed by atoms with Gasteiger partial charge in [-0.25, -0.2) is 4.79 Å². The Kier molecular flexibility index (Phi) is 9.13. The molecule has 0 unspecified atom stereocenters. The second-order valence-corrected chi connectivity index (χ2v) is 22.9. The van der Waals surface area contributed by atoms with Crippen LogP contribution in [-0.4, -0.2) is 71.1 Å². The van der Waals surface area contributed by atoms with E-state index in [-0.39, 0.29) is 29.7 Å². The van der Waals surface area contributed by atoms with E-state index in [0.717, 1.165) is 10.4 Å². The van der Waals surface area contributed by atoms with Gasteiger partial charge in [-0.15, -0.1) is 0 Å². The van der Waals surface area contributed by atoms with E-state index in [0.29, 0.717) is 0 Å². The van der Waals surface area contributed by atoms with Gasteiger partial charge in [0.05, 0.1) is 25.4 Å². The number of fused-ring (bicyclic) bond motifs is 2. The quantitative estimate of drug-likeness (QED) is 0.311. The molecular weight excluding hydrogens is 553 g/mol. The fraction of sp³-hybridized carbons (Fsp3) is 0.594. The number of aliphatic hydroxyl groups is 1. The lowest BCUT2D eigenvalue weighted by Gasteiger charge is -2.47. The van der Waals surface area contributed by atoms with E-state index in [1.54, 1.807) is 6.92 Å². The van der Waals surface area contributed by atoms with Crippen LogP contribution in [0.3, 0.4) is 0 Å². The Hall–Kier alpha value is -1.86. The first-order valence-electron chi connectivity index (χ1n) is 14.7. The summed E-state index contributed by atoms with van der Waals surface area (Å²) in [6.45, 7) is 19.9. The van der Waals surface area contributed by atoms with Crippen molar-refractivity contribution in [2.75, 3.05) is 13.2 Å². The zero-order chi connectivity index (χ0) is 30.3. The van der Waals surface area contributed by atoms with Gasteiger partial charge < -0.3 is 28.2 Å². The highest BCUT2D eigenvalue weighted by atomic mass is 28.4. The second kappa shape index (κ2) is 11.7. The molecule has 2 bridgehead atoms. The van der Waals surface area contributed by atoms with Crippen molar-refractivity contribution in [3.8, 4) is 0 Å². The Morgan fingerprint density at radius 2 is 1.49 bits per heavy atom. The van der Waals surface area contributed by atoms with Gasteiger partial charge in [-0.3, -0.25) is 0 Å². The van der Waals surface area contributed by atoms with Gasteiger partial charge in [0, 0.05) is 6.42 Å². The van der Waals surface area contributed by atoms with Crippen LogP contribution < -0.4 is 10.4 Å². The van der Waals surface area contributed by atoms with Crippen molar-refractivity contribution in [1.29, 1.82) is 0 Å². The number of esters is 1. The summed E-state index contributed by atoms with van der Waals surface area (Å²) < 4.78 is 32.2. The molecule has 2 heterocycles. The third-order valence-corrected chi connectivity index (χ3v) is 18.5. The predicted octanol–water partition coefficient (Wildman–Crippen LogP) is 4.76. The third kappa shape index (κ3) is 6.00. The fourth-order valence-electron chi connectivity index (χ4n) is 5.72. The molecule has 4 rings (SSSR count). The second-order valence-electron chi connectivity index (χ2n) is 13.8. The minimum Gasteiger partial charge on any atom is -0.462 e. The van der Waals surface area contributed by atoms with Crippen LogP contribution in [0.5, 0.6) is 0 Å². The molecule has 2 aromatic carbocycles. The molecule has 226 valence electrons. The zero-order valence-corrected chi connectivity index (χ0v) is 28.1. The fourth-order valence-corrected chi connectivity index (χ4v) is 11.4. The molecule has 0 aromatic heterocycles. The summed E-state index contributed by atoms with van der Waals surface area (Å²) in [5.74, 6) is -2.26. The Bertz CT molecular complexity index is 1140. The van der Waals surface area contributed by atoms with Crippen LogP contribution in [0.2, 0.25) is 23.2 Å². The molecule has 41 heavy (non-hydrogen) atoms. The summed E-state index contributed by atoms with van der Waals surface area (Å²) in [6, 6.07) is 20.8. The van der Waals surface area contributed by atoms with Gasteiger partial charge in [0.15, 0.2) is 8.32 Å². The molecule has 0 spiro atoms. The minimum atomic E-state index is -3.04. The summed E-state index contributed by atoms with van der Waals surface area (Å²) in [5, 5.41) is 13.0. The van der Waals surface area contributed by atoms with Crippen molar-refractivity contribution in [1.82, 2.24) is 0 Å². The van der Waals surface area contributed by atoms with Gasteiger partial charge in [0.2, 0.25) is 0 Å². The molecule has 9 heteroatoms. The van der Waals surface area contributed by atoms with E-state index < -0.39 is 52.8 Å². The van der Waals surface area contributed by atoms with Crippen LogP contribution in [0, 0.1) is 0 Å². The number of aliphatic hydroxyl groups excluding tert-OH is 1. The molecule has 2 aliphatic rings. The average molecular weight is 601 g/mol. The van der Waals surface area contributed by atoms with Gasteiger partial charge >= 0.3 is 5.97 Å². The normalized spacial score (nSPS) is 25.8. The number of rotatable bonds is 10. The Morgan fingerprint density at radius 3 is 1.95 bits per heavy atom. The highest BCUT2D eigenvalue weighted by Crippen LogP contribution is 2.47. The van der Waals surface area contributed by atoms with E-state index in [1.165, 1.54) is 0 Å². The maximum Gasteiger partial charge on any atom is 0.366 e. The lowest BCUT2D eigenvalue weighted by Crippen LogP contribution is -2.69. The Labute approximate surface area is 247 Å². The van der Waals surface area contributed by atoms with E-state index in [9.17, 15) is 9.90 Å². The smallest absolute Gasteiger partial charge is 0.366 e. The number of carbonyl (C=O) groups is 1. The largest absolute Gasteiger partial charge is 0.462 e. The van der Waals surface area contributed by atoms with Gasteiger partial charge in [0.25, 0.3) is 14.1 Å². The van der Waals surface area contributed by atoms with Gasteiger partial charge in [-0.2, -0.15) is 0 Å². The van der Waals surface area contributed by atoms with Crippen LogP contribution >= 0.6 is 0 Å². The SMILES string of the molecule is CCOC(=O)[C@]12C[C@H](O)[C@H](O1)[C@H]([C@@H](CO[Si](C)(C)C(C)(C)C)O[Si](c1ccccc1)(c1ccccc1)C(C)(C)C)O2. The van der Waals surface area contributed by atoms with Crippen molar-refractivity contribution < 1.29 is 33.0 Å². The van der Waals surface area contributed by atoms with Crippen LogP contribution in [-0.2, 0) is 27.9 Å². The first-order valence-corrected chi connectivity index (χ1v) is 19.5. The summed E-state index contributed by atoms with van der Waals surface area (Å²) in [7, 11) is -5.24. The Morgan fingerprint density at radius 1 is 0.951 bits per heavy atom. The third-order valence-electron chi connectivity index (χ3n) is 8.95. The molecule has 2 saturated heterocycles. The molecule has 0 amide bonds. The van der Waals surface area contributed by atoms with Crippen molar-refractivity contribution in [3.63, 3.8) is 0 Å². The van der Waals surface area contributed by atoms with Crippen LogP contribution in [0.15, 0.2) is 60.7 Å². The molecule has 2 aliphatic heterocycles. The van der Waals surface area contributed by atoms with Crippen LogP contribution in [0.4, 0.5) is 0 Å². The molecule has 0 saturated carbocycles.